The fourth-order valence-corrected chi connectivity index (χ4v) is 3.69. The number of H-pyrrole nitrogens is 1. The smallest absolute Gasteiger partial charge is 0.217 e. The minimum absolute atomic E-state index is 0.0716. The first-order chi connectivity index (χ1) is 14.0. The van der Waals surface area contributed by atoms with E-state index in [-0.39, 0.29) is 6.04 Å². The predicted molar refractivity (Wildman–Crippen MR) is 117 cm³/mol. The third-order valence-corrected chi connectivity index (χ3v) is 5.38. The Bertz CT molecular complexity index is 1150. The van der Waals surface area contributed by atoms with Crippen molar-refractivity contribution in [3.63, 3.8) is 0 Å². The van der Waals surface area contributed by atoms with Crippen LogP contribution in [0.25, 0.3) is 11.4 Å². The van der Waals surface area contributed by atoms with Gasteiger partial charge in [0.05, 0.1) is 12.7 Å². The van der Waals surface area contributed by atoms with Gasteiger partial charge in [-0.1, -0.05) is 54.1 Å². The van der Waals surface area contributed by atoms with E-state index in [0.29, 0.717) is 16.5 Å². The van der Waals surface area contributed by atoms with Gasteiger partial charge in [-0.3, -0.25) is 10.00 Å². The summed E-state index contributed by atoms with van der Waals surface area (Å²) in [5.74, 6) is 1.69. The molecule has 0 aliphatic carbocycles. The molecule has 6 nitrogen and oxygen atoms in total. The number of benzene rings is 2. The van der Waals surface area contributed by atoms with Gasteiger partial charge in [0.2, 0.25) is 4.77 Å². The maximum Gasteiger partial charge on any atom is 0.217 e. The minimum Gasteiger partial charge on any atom is -0.336 e. The first kappa shape index (κ1) is 19.6. The monoisotopic (exact) mass is 424 g/mol. The van der Waals surface area contributed by atoms with E-state index < -0.39 is 0 Å². The van der Waals surface area contributed by atoms with E-state index in [1.807, 2.05) is 84.1 Å². The van der Waals surface area contributed by atoms with Gasteiger partial charge in [0.25, 0.3) is 0 Å². The summed E-state index contributed by atoms with van der Waals surface area (Å²) in [6.07, 6.45) is 3.75. The van der Waals surface area contributed by atoms with Gasteiger partial charge in [-0.2, -0.15) is 4.98 Å². The van der Waals surface area contributed by atoms with Gasteiger partial charge in [-0.25, -0.2) is 9.67 Å². The molecule has 4 rings (SSSR count). The van der Waals surface area contributed by atoms with Crippen molar-refractivity contribution >= 4 is 23.8 Å². The molecule has 0 amide bonds. The molecule has 0 unspecified atom stereocenters. The SMILES string of the molecule is CN(Cn1[nH]c(-c2ccccc2)nc1=S)[C@H](c1ccc(Cl)cc1)c1nccn1C. The van der Waals surface area contributed by atoms with Crippen LogP contribution in [0.3, 0.4) is 0 Å². The van der Waals surface area contributed by atoms with Crippen LogP contribution >= 0.6 is 23.8 Å². The van der Waals surface area contributed by atoms with Crippen LogP contribution in [0, 0.1) is 4.77 Å². The second kappa shape index (κ2) is 8.32. The number of halogens is 1. The zero-order valence-electron chi connectivity index (χ0n) is 16.2. The molecule has 0 bridgehead atoms. The Hall–Kier alpha value is -2.74. The Kier molecular flexibility index (Phi) is 5.62. The summed E-state index contributed by atoms with van der Waals surface area (Å²) in [4.78, 5) is 11.3. The molecule has 0 fully saturated rings. The van der Waals surface area contributed by atoms with E-state index in [0.717, 1.165) is 22.8 Å². The number of imidazole rings is 1. The minimum atomic E-state index is -0.0716. The van der Waals surface area contributed by atoms with E-state index in [2.05, 4.69) is 20.0 Å². The molecule has 0 spiro atoms. The highest BCUT2D eigenvalue weighted by atomic mass is 35.5. The Balaban J connectivity index is 1.66. The number of aromatic nitrogens is 5. The molecule has 148 valence electrons. The van der Waals surface area contributed by atoms with Crippen molar-refractivity contribution in [2.75, 3.05) is 7.05 Å². The Labute approximate surface area is 179 Å². The molecule has 0 aliphatic rings. The molecule has 2 aromatic carbocycles. The average molecular weight is 425 g/mol. The molecule has 0 saturated heterocycles. The fourth-order valence-electron chi connectivity index (χ4n) is 3.37. The van der Waals surface area contributed by atoms with Crippen molar-refractivity contribution in [3.05, 3.63) is 88.2 Å². The highest BCUT2D eigenvalue weighted by Gasteiger charge is 2.24. The molecule has 0 aliphatic heterocycles. The molecule has 1 N–H and O–H groups in total. The largest absolute Gasteiger partial charge is 0.336 e. The molecule has 4 aromatic rings. The lowest BCUT2D eigenvalue weighted by Crippen LogP contribution is -2.30. The zero-order chi connectivity index (χ0) is 20.4. The number of aryl methyl sites for hydroxylation is 1. The first-order valence-corrected chi connectivity index (χ1v) is 9.97. The number of hydrogen-bond donors (Lipinski definition) is 1. The van der Waals surface area contributed by atoms with Crippen LogP contribution < -0.4 is 0 Å². The van der Waals surface area contributed by atoms with Crippen molar-refractivity contribution in [2.45, 2.75) is 12.7 Å². The molecule has 2 heterocycles. The van der Waals surface area contributed by atoms with Crippen LogP contribution in [0.4, 0.5) is 0 Å². The molecule has 29 heavy (non-hydrogen) atoms. The van der Waals surface area contributed by atoms with Crippen LogP contribution in [0.5, 0.6) is 0 Å². The van der Waals surface area contributed by atoms with E-state index >= 15 is 0 Å². The Morgan fingerprint density at radius 3 is 2.52 bits per heavy atom. The summed E-state index contributed by atoms with van der Waals surface area (Å²) in [6.45, 7) is 0.527. The first-order valence-electron chi connectivity index (χ1n) is 9.18. The maximum atomic E-state index is 6.10. The van der Waals surface area contributed by atoms with Gasteiger partial charge < -0.3 is 4.57 Å². The normalized spacial score (nSPS) is 12.4. The highest BCUT2D eigenvalue weighted by molar-refractivity contribution is 7.71. The van der Waals surface area contributed by atoms with Crippen molar-refractivity contribution < 1.29 is 0 Å². The lowest BCUT2D eigenvalue weighted by molar-refractivity contribution is 0.199. The average Bonchev–Trinajstić information content (AvgIpc) is 3.30. The number of aromatic amines is 1. The lowest BCUT2D eigenvalue weighted by atomic mass is 10.1. The fraction of sp³-hybridized carbons (Fsp3) is 0.190. The van der Waals surface area contributed by atoms with Crippen molar-refractivity contribution in [1.82, 2.24) is 29.2 Å². The van der Waals surface area contributed by atoms with Crippen molar-refractivity contribution in [3.8, 4) is 11.4 Å². The molecule has 1 atom stereocenters. The topological polar surface area (TPSA) is 54.7 Å². The third kappa shape index (κ3) is 4.17. The maximum absolute atomic E-state index is 6.10. The summed E-state index contributed by atoms with van der Waals surface area (Å²) in [5, 5.41) is 4.02. The summed E-state index contributed by atoms with van der Waals surface area (Å²) in [6, 6.07) is 17.7. The molecular weight excluding hydrogens is 404 g/mol. The Morgan fingerprint density at radius 2 is 1.86 bits per heavy atom. The van der Waals surface area contributed by atoms with Crippen LogP contribution in [0.2, 0.25) is 5.02 Å². The van der Waals surface area contributed by atoms with E-state index in [9.17, 15) is 0 Å². The standard InChI is InChI=1S/C21H21ClN6S/c1-26-13-12-23-20(26)18(15-8-10-17(22)11-9-15)27(2)14-28-21(29)24-19(25-28)16-6-4-3-5-7-16/h3-13,18H,14H2,1-2H3,(H,24,25,29)/t18-/m1/s1. The summed E-state index contributed by atoms with van der Waals surface area (Å²) in [7, 11) is 4.03. The molecule has 0 radical (unpaired) electrons. The number of hydrogen-bond acceptors (Lipinski definition) is 4. The van der Waals surface area contributed by atoms with Crippen LogP contribution in [0.1, 0.15) is 17.4 Å². The third-order valence-electron chi connectivity index (χ3n) is 4.82. The second-order valence-corrected chi connectivity index (χ2v) is 7.70. The summed E-state index contributed by atoms with van der Waals surface area (Å²) in [5.41, 5.74) is 2.10. The zero-order valence-corrected chi connectivity index (χ0v) is 17.7. The van der Waals surface area contributed by atoms with Gasteiger partial charge in [-0.15, -0.1) is 0 Å². The number of nitrogens with one attached hydrogen (secondary N) is 1. The van der Waals surface area contributed by atoms with Crippen molar-refractivity contribution in [1.29, 1.82) is 0 Å². The van der Waals surface area contributed by atoms with Crippen molar-refractivity contribution in [2.24, 2.45) is 7.05 Å². The van der Waals surface area contributed by atoms with Crippen LogP contribution in [0.15, 0.2) is 67.0 Å². The van der Waals surface area contributed by atoms with E-state index in [4.69, 9.17) is 23.8 Å². The van der Waals surface area contributed by atoms with Gasteiger partial charge in [0, 0.05) is 30.0 Å². The molecule has 8 heteroatoms. The second-order valence-electron chi connectivity index (χ2n) is 6.90. The van der Waals surface area contributed by atoms with Gasteiger partial charge in [0.15, 0.2) is 5.82 Å². The molecule has 0 saturated carbocycles. The quantitative estimate of drug-likeness (QED) is 0.457. The summed E-state index contributed by atoms with van der Waals surface area (Å²) >= 11 is 11.6. The molecule has 2 aromatic heterocycles. The van der Waals surface area contributed by atoms with Gasteiger partial charge in [0.1, 0.15) is 5.82 Å². The van der Waals surface area contributed by atoms with Gasteiger partial charge >= 0.3 is 0 Å². The summed E-state index contributed by atoms with van der Waals surface area (Å²) < 4.78 is 4.39. The lowest BCUT2D eigenvalue weighted by Gasteiger charge is -2.28. The van der Waals surface area contributed by atoms with E-state index in [1.54, 1.807) is 6.20 Å². The van der Waals surface area contributed by atoms with Crippen LogP contribution in [-0.2, 0) is 13.7 Å². The highest BCUT2D eigenvalue weighted by Crippen LogP contribution is 2.28. The van der Waals surface area contributed by atoms with Gasteiger partial charge in [-0.05, 0) is 37.0 Å². The van der Waals surface area contributed by atoms with E-state index in [1.165, 1.54) is 0 Å². The molecular formula is C21H21ClN6S. The number of rotatable bonds is 6. The predicted octanol–water partition coefficient (Wildman–Crippen LogP) is 4.67. The number of nitrogens with zero attached hydrogens (tertiary/aromatic N) is 5. The van der Waals surface area contributed by atoms with Crippen LogP contribution in [-0.4, -0.2) is 36.3 Å². The Morgan fingerprint density at radius 1 is 1.14 bits per heavy atom.